The van der Waals surface area contributed by atoms with Crippen LogP contribution in [0, 0.1) is 0 Å². The summed E-state index contributed by atoms with van der Waals surface area (Å²) in [5.41, 5.74) is 5.22. The summed E-state index contributed by atoms with van der Waals surface area (Å²) in [6.45, 7) is 6.34. The molecule has 0 aromatic heterocycles. The first-order valence-electron chi connectivity index (χ1n) is 12.1. The van der Waals surface area contributed by atoms with Crippen LogP contribution in [-0.2, 0) is 22.6 Å². The van der Waals surface area contributed by atoms with E-state index in [1.807, 2.05) is 19.1 Å². The largest absolute Gasteiger partial charge is 0.490 e. The van der Waals surface area contributed by atoms with Crippen molar-refractivity contribution in [3.63, 3.8) is 0 Å². The van der Waals surface area contributed by atoms with Gasteiger partial charge in [0.2, 0.25) is 11.8 Å². The number of rotatable bonds is 13. The number of ether oxygens (including phenoxy) is 2. The number of anilines is 1. The van der Waals surface area contributed by atoms with Crippen molar-refractivity contribution in [3.05, 3.63) is 99.0 Å². The summed E-state index contributed by atoms with van der Waals surface area (Å²) in [4.78, 5) is 24.3. The van der Waals surface area contributed by atoms with E-state index in [0.717, 1.165) is 11.1 Å². The number of carbonyl (C=O) groups excluding carboxylic acids is 2. The lowest BCUT2D eigenvalue weighted by Crippen LogP contribution is -2.20. The first-order valence-corrected chi connectivity index (χ1v) is 13.3. The SMILES string of the molecule is C=CCc1cc(C=NNC(=O)CCC(=O)Nc2ccccc2Cl)cc(OCC)c1OCc1ccc(Cl)cc1Cl. The number of benzene rings is 3. The highest BCUT2D eigenvalue weighted by Crippen LogP contribution is 2.35. The molecule has 0 bridgehead atoms. The summed E-state index contributed by atoms with van der Waals surface area (Å²) in [6.07, 6.45) is 3.70. The molecular formula is C29H28Cl3N3O4. The quantitative estimate of drug-likeness (QED) is 0.125. The van der Waals surface area contributed by atoms with Crippen LogP contribution in [0.3, 0.4) is 0 Å². The van der Waals surface area contributed by atoms with Gasteiger partial charge in [-0.25, -0.2) is 5.43 Å². The van der Waals surface area contributed by atoms with Crippen LogP contribution in [0.25, 0.3) is 0 Å². The Hall–Kier alpha value is -3.52. The Kier molecular flexibility index (Phi) is 11.7. The van der Waals surface area contributed by atoms with Gasteiger partial charge in [0.25, 0.3) is 0 Å². The van der Waals surface area contributed by atoms with Gasteiger partial charge in [-0.05, 0) is 55.3 Å². The first-order chi connectivity index (χ1) is 18.8. The molecule has 2 amide bonds. The molecule has 0 radical (unpaired) electrons. The second kappa shape index (κ2) is 15.2. The number of halogens is 3. The molecule has 2 N–H and O–H groups in total. The number of hydrogen-bond donors (Lipinski definition) is 2. The smallest absolute Gasteiger partial charge is 0.240 e. The molecule has 0 saturated heterocycles. The molecule has 0 aliphatic carbocycles. The van der Waals surface area contributed by atoms with Crippen LogP contribution >= 0.6 is 34.8 Å². The normalized spacial score (nSPS) is 10.8. The highest BCUT2D eigenvalue weighted by Gasteiger charge is 2.14. The van der Waals surface area contributed by atoms with Gasteiger partial charge in [-0.3, -0.25) is 9.59 Å². The molecule has 204 valence electrons. The van der Waals surface area contributed by atoms with Gasteiger partial charge in [0.15, 0.2) is 11.5 Å². The number of hydrogen-bond acceptors (Lipinski definition) is 5. The van der Waals surface area contributed by atoms with Crippen LogP contribution in [0.2, 0.25) is 15.1 Å². The van der Waals surface area contributed by atoms with Crippen LogP contribution < -0.4 is 20.2 Å². The summed E-state index contributed by atoms with van der Waals surface area (Å²) in [5, 5.41) is 8.19. The average Bonchev–Trinajstić information content (AvgIpc) is 2.90. The number of nitrogens with one attached hydrogen (secondary N) is 2. The maximum Gasteiger partial charge on any atom is 0.240 e. The number of para-hydroxylation sites is 1. The van der Waals surface area contributed by atoms with Crippen LogP contribution in [0.5, 0.6) is 11.5 Å². The molecule has 7 nitrogen and oxygen atoms in total. The maximum absolute atomic E-state index is 12.2. The van der Waals surface area contributed by atoms with E-state index >= 15 is 0 Å². The molecule has 39 heavy (non-hydrogen) atoms. The lowest BCUT2D eigenvalue weighted by Gasteiger charge is -2.17. The minimum absolute atomic E-state index is 0.0196. The van der Waals surface area contributed by atoms with Crippen molar-refractivity contribution in [2.24, 2.45) is 5.10 Å². The second-order valence-corrected chi connectivity index (χ2v) is 9.53. The fraction of sp³-hybridized carbons (Fsp3) is 0.207. The molecular weight excluding hydrogens is 561 g/mol. The summed E-state index contributed by atoms with van der Waals surface area (Å²) >= 11 is 18.3. The fourth-order valence-corrected chi connectivity index (χ4v) is 4.16. The molecule has 0 heterocycles. The van der Waals surface area contributed by atoms with E-state index in [9.17, 15) is 9.59 Å². The monoisotopic (exact) mass is 587 g/mol. The summed E-state index contributed by atoms with van der Waals surface area (Å²) < 4.78 is 12.0. The second-order valence-electron chi connectivity index (χ2n) is 8.28. The predicted octanol–water partition coefficient (Wildman–Crippen LogP) is 7.22. The van der Waals surface area contributed by atoms with E-state index in [1.54, 1.807) is 48.5 Å². The van der Waals surface area contributed by atoms with Gasteiger partial charge in [-0.15, -0.1) is 6.58 Å². The summed E-state index contributed by atoms with van der Waals surface area (Å²) in [5.74, 6) is 0.351. The minimum atomic E-state index is -0.406. The van der Waals surface area contributed by atoms with E-state index in [-0.39, 0.29) is 25.4 Å². The third-order valence-corrected chi connectivity index (χ3v) is 6.25. The van der Waals surface area contributed by atoms with Gasteiger partial charge in [-0.2, -0.15) is 5.10 Å². The number of amides is 2. The lowest BCUT2D eigenvalue weighted by atomic mass is 10.1. The number of hydrazone groups is 1. The number of allylic oxidation sites excluding steroid dienone is 1. The molecule has 0 saturated carbocycles. The van der Waals surface area contributed by atoms with Crippen LogP contribution in [0.1, 0.15) is 36.5 Å². The average molecular weight is 589 g/mol. The Morgan fingerprint density at radius 1 is 0.949 bits per heavy atom. The van der Waals surface area contributed by atoms with E-state index < -0.39 is 5.91 Å². The summed E-state index contributed by atoms with van der Waals surface area (Å²) in [6, 6.07) is 15.7. The van der Waals surface area contributed by atoms with Crippen LogP contribution in [0.4, 0.5) is 5.69 Å². The topological polar surface area (TPSA) is 89.0 Å². The van der Waals surface area contributed by atoms with Gasteiger partial charge in [-0.1, -0.05) is 59.1 Å². The Labute approximate surface area is 242 Å². The Morgan fingerprint density at radius 3 is 2.44 bits per heavy atom. The van der Waals surface area contributed by atoms with Gasteiger partial charge in [0.1, 0.15) is 6.61 Å². The van der Waals surface area contributed by atoms with E-state index in [1.165, 1.54) is 6.21 Å². The fourth-order valence-electron chi connectivity index (χ4n) is 3.52. The molecule has 0 aliphatic heterocycles. The van der Waals surface area contributed by atoms with Gasteiger partial charge >= 0.3 is 0 Å². The zero-order valence-electron chi connectivity index (χ0n) is 21.3. The predicted molar refractivity (Wildman–Crippen MR) is 157 cm³/mol. The van der Waals surface area contributed by atoms with Crippen molar-refractivity contribution < 1.29 is 19.1 Å². The molecule has 3 aromatic carbocycles. The lowest BCUT2D eigenvalue weighted by molar-refractivity contribution is -0.124. The third-order valence-electron chi connectivity index (χ3n) is 5.34. The van der Waals surface area contributed by atoms with Crippen LogP contribution in [-0.4, -0.2) is 24.6 Å². The standard InChI is InChI=1S/C29H28Cl3N3O4/c1-3-7-20-14-19(15-26(38-4-2)29(20)39-18-21-10-11-22(30)16-24(21)32)17-33-35-28(37)13-12-27(36)34-25-9-6-5-8-23(25)31/h3,5-6,8-11,14-17H,1,4,7,12-13,18H2,2H3,(H,34,36)(H,35,37). The molecule has 0 unspecified atom stereocenters. The Morgan fingerprint density at radius 2 is 1.72 bits per heavy atom. The van der Waals surface area contributed by atoms with Gasteiger partial charge in [0, 0.05) is 34.0 Å². The van der Waals surface area contributed by atoms with Crippen molar-refractivity contribution in [1.82, 2.24) is 5.43 Å². The summed E-state index contributed by atoms with van der Waals surface area (Å²) in [7, 11) is 0. The number of carbonyl (C=O) groups is 2. The van der Waals surface area contributed by atoms with E-state index in [4.69, 9.17) is 44.3 Å². The van der Waals surface area contributed by atoms with Crippen molar-refractivity contribution >= 4 is 58.5 Å². The number of nitrogens with zero attached hydrogens (tertiary/aromatic N) is 1. The zero-order chi connectivity index (χ0) is 28.2. The first kappa shape index (κ1) is 30.0. The van der Waals surface area contributed by atoms with Crippen molar-refractivity contribution in [3.8, 4) is 11.5 Å². The molecule has 0 aliphatic rings. The van der Waals surface area contributed by atoms with E-state index in [2.05, 4.69) is 22.4 Å². The Balaban J connectivity index is 1.64. The van der Waals surface area contributed by atoms with E-state index in [0.29, 0.717) is 50.8 Å². The molecule has 10 heteroatoms. The molecule has 0 spiro atoms. The minimum Gasteiger partial charge on any atom is -0.490 e. The molecule has 3 aromatic rings. The Bertz CT molecular complexity index is 1360. The van der Waals surface area contributed by atoms with Gasteiger partial charge in [0.05, 0.1) is 23.5 Å². The van der Waals surface area contributed by atoms with Crippen molar-refractivity contribution in [1.29, 1.82) is 0 Å². The highest BCUT2D eigenvalue weighted by molar-refractivity contribution is 6.35. The molecule has 0 fully saturated rings. The zero-order valence-corrected chi connectivity index (χ0v) is 23.6. The van der Waals surface area contributed by atoms with Crippen LogP contribution in [0.15, 0.2) is 72.4 Å². The highest BCUT2D eigenvalue weighted by atomic mass is 35.5. The molecule has 3 rings (SSSR count). The molecule has 0 atom stereocenters. The van der Waals surface area contributed by atoms with Crippen molar-refractivity contribution in [2.75, 3.05) is 11.9 Å². The maximum atomic E-state index is 12.2. The van der Waals surface area contributed by atoms with Crippen molar-refractivity contribution in [2.45, 2.75) is 32.8 Å². The third kappa shape index (κ3) is 9.32. The van der Waals surface area contributed by atoms with Gasteiger partial charge < -0.3 is 14.8 Å².